The van der Waals surface area contributed by atoms with Crippen molar-refractivity contribution in [2.75, 3.05) is 5.32 Å². The van der Waals surface area contributed by atoms with Crippen molar-refractivity contribution in [2.24, 2.45) is 0 Å². The van der Waals surface area contributed by atoms with Gasteiger partial charge in [0.2, 0.25) is 0 Å². The standard InChI is InChI=1S/C18H12F3N3O2/c19-13-6-7-15(26-18(20)21)14(8-13)24-17(25)12-9-22-16(23-10-12)11-4-2-1-3-5-11/h1-10,18H,(H,24,25). The number of aromatic nitrogens is 2. The number of rotatable bonds is 5. The van der Waals surface area contributed by atoms with Crippen LogP contribution in [0.5, 0.6) is 5.75 Å². The van der Waals surface area contributed by atoms with E-state index in [0.717, 1.165) is 23.8 Å². The summed E-state index contributed by atoms with van der Waals surface area (Å²) in [6.07, 6.45) is 2.58. The van der Waals surface area contributed by atoms with Crippen LogP contribution in [-0.2, 0) is 0 Å². The van der Waals surface area contributed by atoms with E-state index >= 15 is 0 Å². The Morgan fingerprint density at radius 1 is 1.04 bits per heavy atom. The van der Waals surface area contributed by atoms with E-state index in [1.807, 2.05) is 30.3 Å². The molecule has 5 nitrogen and oxygen atoms in total. The average Bonchev–Trinajstić information content (AvgIpc) is 2.64. The predicted octanol–water partition coefficient (Wildman–Crippen LogP) is 4.14. The molecular weight excluding hydrogens is 347 g/mol. The van der Waals surface area contributed by atoms with Crippen molar-refractivity contribution in [3.8, 4) is 17.1 Å². The second-order valence-corrected chi connectivity index (χ2v) is 5.13. The first kappa shape index (κ1) is 17.4. The van der Waals surface area contributed by atoms with Gasteiger partial charge >= 0.3 is 6.61 Å². The lowest BCUT2D eigenvalue weighted by Gasteiger charge is -2.12. The highest BCUT2D eigenvalue weighted by Crippen LogP contribution is 2.27. The minimum Gasteiger partial charge on any atom is -0.433 e. The summed E-state index contributed by atoms with van der Waals surface area (Å²) >= 11 is 0. The fraction of sp³-hybridized carbons (Fsp3) is 0.0556. The molecule has 2 aromatic carbocycles. The molecule has 0 fully saturated rings. The van der Waals surface area contributed by atoms with E-state index in [0.29, 0.717) is 5.82 Å². The molecule has 0 aliphatic carbocycles. The maximum Gasteiger partial charge on any atom is 0.387 e. The molecule has 0 saturated carbocycles. The van der Waals surface area contributed by atoms with Crippen LogP contribution in [0.1, 0.15) is 10.4 Å². The zero-order valence-corrected chi connectivity index (χ0v) is 13.2. The number of hydrogen-bond donors (Lipinski definition) is 1. The van der Waals surface area contributed by atoms with Gasteiger partial charge in [0.1, 0.15) is 11.6 Å². The number of anilines is 1. The molecule has 1 aromatic heterocycles. The van der Waals surface area contributed by atoms with Crippen molar-refractivity contribution < 1.29 is 22.7 Å². The first-order chi connectivity index (χ1) is 12.5. The van der Waals surface area contributed by atoms with Gasteiger partial charge in [-0.05, 0) is 12.1 Å². The summed E-state index contributed by atoms with van der Waals surface area (Å²) in [5.74, 6) is -1.32. The lowest BCUT2D eigenvalue weighted by molar-refractivity contribution is -0.0494. The zero-order chi connectivity index (χ0) is 18.5. The largest absolute Gasteiger partial charge is 0.433 e. The molecule has 0 bridgehead atoms. The van der Waals surface area contributed by atoms with Crippen LogP contribution in [0, 0.1) is 5.82 Å². The summed E-state index contributed by atoms with van der Waals surface area (Å²) in [5, 5.41) is 2.31. The van der Waals surface area contributed by atoms with Crippen molar-refractivity contribution in [1.29, 1.82) is 0 Å². The fourth-order valence-electron chi connectivity index (χ4n) is 2.17. The third-order valence-electron chi connectivity index (χ3n) is 3.35. The first-order valence-corrected chi connectivity index (χ1v) is 7.46. The Morgan fingerprint density at radius 3 is 2.38 bits per heavy atom. The average molecular weight is 359 g/mol. The Hall–Kier alpha value is -3.42. The quantitative estimate of drug-likeness (QED) is 0.744. The van der Waals surface area contributed by atoms with E-state index in [-0.39, 0.29) is 17.0 Å². The molecule has 0 spiro atoms. The van der Waals surface area contributed by atoms with Gasteiger partial charge in [-0.3, -0.25) is 4.79 Å². The molecule has 3 rings (SSSR count). The number of carbonyl (C=O) groups excluding carboxylic acids is 1. The Bertz CT molecular complexity index is 903. The lowest BCUT2D eigenvalue weighted by atomic mass is 10.2. The van der Waals surface area contributed by atoms with Crippen LogP contribution in [-0.4, -0.2) is 22.5 Å². The molecule has 132 valence electrons. The smallest absolute Gasteiger partial charge is 0.387 e. The maximum atomic E-state index is 13.4. The van der Waals surface area contributed by atoms with E-state index in [9.17, 15) is 18.0 Å². The molecule has 1 heterocycles. The number of nitrogens with one attached hydrogen (secondary N) is 1. The number of halogens is 3. The van der Waals surface area contributed by atoms with Gasteiger partial charge in [-0.1, -0.05) is 30.3 Å². The highest BCUT2D eigenvalue weighted by atomic mass is 19.3. The molecule has 0 aliphatic heterocycles. The Labute approximate surface area is 146 Å². The van der Waals surface area contributed by atoms with Gasteiger partial charge in [0.25, 0.3) is 5.91 Å². The number of hydrogen-bond acceptors (Lipinski definition) is 4. The summed E-state index contributed by atoms with van der Waals surface area (Å²) in [5.41, 5.74) is 0.636. The van der Waals surface area contributed by atoms with Crippen molar-refractivity contribution in [3.05, 3.63) is 72.3 Å². The Kier molecular flexibility index (Phi) is 5.12. The van der Waals surface area contributed by atoms with Crippen LogP contribution in [0.3, 0.4) is 0 Å². The van der Waals surface area contributed by atoms with Crippen LogP contribution >= 0.6 is 0 Å². The summed E-state index contributed by atoms with van der Waals surface area (Å²) in [4.78, 5) is 20.5. The van der Waals surface area contributed by atoms with Gasteiger partial charge in [0.05, 0.1) is 11.3 Å². The number of alkyl halides is 2. The third kappa shape index (κ3) is 4.15. The number of benzene rings is 2. The number of ether oxygens (including phenoxy) is 1. The summed E-state index contributed by atoms with van der Waals surface area (Å²) in [6.45, 7) is -3.11. The van der Waals surface area contributed by atoms with Crippen LogP contribution in [0.4, 0.5) is 18.9 Å². The van der Waals surface area contributed by atoms with E-state index in [1.165, 1.54) is 12.4 Å². The summed E-state index contributed by atoms with van der Waals surface area (Å²) in [7, 11) is 0. The van der Waals surface area contributed by atoms with Crippen molar-refractivity contribution in [2.45, 2.75) is 6.61 Å². The minimum atomic E-state index is -3.11. The van der Waals surface area contributed by atoms with Gasteiger partial charge in [0, 0.05) is 24.0 Å². The monoisotopic (exact) mass is 359 g/mol. The number of nitrogens with zero attached hydrogens (tertiary/aromatic N) is 2. The van der Waals surface area contributed by atoms with Crippen LogP contribution < -0.4 is 10.1 Å². The molecule has 0 unspecified atom stereocenters. The number of carbonyl (C=O) groups is 1. The maximum absolute atomic E-state index is 13.4. The highest BCUT2D eigenvalue weighted by molar-refractivity contribution is 6.04. The van der Waals surface area contributed by atoms with Gasteiger partial charge in [-0.15, -0.1) is 0 Å². The summed E-state index contributed by atoms with van der Waals surface area (Å²) < 4.78 is 42.5. The fourth-order valence-corrected chi connectivity index (χ4v) is 2.17. The second kappa shape index (κ2) is 7.64. The number of amides is 1. The molecule has 8 heteroatoms. The second-order valence-electron chi connectivity index (χ2n) is 5.13. The van der Waals surface area contributed by atoms with E-state index < -0.39 is 18.3 Å². The topological polar surface area (TPSA) is 64.1 Å². The highest BCUT2D eigenvalue weighted by Gasteiger charge is 2.15. The van der Waals surface area contributed by atoms with Gasteiger partial charge in [-0.2, -0.15) is 8.78 Å². The molecular formula is C18H12F3N3O2. The zero-order valence-electron chi connectivity index (χ0n) is 13.2. The van der Waals surface area contributed by atoms with Crippen LogP contribution in [0.15, 0.2) is 60.9 Å². The molecule has 1 N–H and O–H groups in total. The molecule has 0 atom stereocenters. The van der Waals surface area contributed by atoms with Crippen LogP contribution in [0.25, 0.3) is 11.4 Å². The van der Waals surface area contributed by atoms with Crippen molar-refractivity contribution in [3.63, 3.8) is 0 Å². The van der Waals surface area contributed by atoms with Gasteiger partial charge < -0.3 is 10.1 Å². The normalized spacial score (nSPS) is 10.6. The minimum absolute atomic E-state index is 0.0805. The van der Waals surface area contributed by atoms with Crippen molar-refractivity contribution >= 4 is 11.6 Å². The molecule has 0 saturated heterocycles. The SMILES string of the molecule is O=C(Nc1cc(F)ccc1OC(F)F)c1cnc(-c2ccccc2)nc1. The van der Waals surface area contributed by atoms with Crippen LogP contribution in [0.2, 0.25) is 0 Å². The predicted molar refractivity (Wildman–Crippen MR) is 88.5 cm³/mol. The van der Waals surface area contributed by atoms with E-state index in [4.69, 9.17) is 0 Å². The van der Waals surface area contributed by atoms with Gasteiger partial charge in [0.15, 0.2) is 5.82 Å². The third-order valence-corrected chi connectivity index (χ3v) is 3.35. The van der Waals surface area contributed by atoms with E-state index in [2.05, 4.69) is 20.0 Å². The molecule has 26 heavy (non-hydrogen) atoms. The molecule has 3 aromatic rings. The molecule has 0 aliphatic rings. The van der Waals surface area contributed by atoms with Gasteiger partial charge in [-0.25, -0.2) is 14.4 Å². The molecule has 0 radical (unpaired) electrons. The Morgan fingerprint density at radius 2 is 1.73 bits per heavy atom. The van der Waals surface area contributed by atoms with Crippen molar-refractivity contribution in [1.82, 2.24) is 9.97 Å². The van der Waals surface area contributed by atoms with E-state index in [1.54, 1.807) is 0 Å². The Balaban J connectivity index is 1.79. The lowest BCUT2D eigenvalue weighted by Crippen LogP contribution is -2.15. The summed E-state index contributed by atoms with van der Waals surface area (Å²) in [6, 6.07) is 12.0. The molecule has 1 amide bonds. The first-order valence-electron chi connectivity index (χ1n) is 7.46.